The second-order valence-electron chi connectivity index (χ2n) is 5.13. The molecule has 0 heterocycles. The number of hydrogen-bond acceptors (Lipinski definition) is 4. The molecule has 0 aliphatic heterocycles. The monoisotopic (exact) mass is 357 g/mol. The summed E-state index contributed by atoms with van der Waals surface area (Å²) in [6.45, 7) is 7.83. The number of rotatable bonds is 11. The summed E-state index contributed by atoms with van der Waals surface area (Å²) < 4.78 is 16.1. The van der Waals surface area contributed by atoms with Gasteiger partial charge < -0.3 is 24.8 Å². The lowest BCUT2D eigenvalue weighted by Crippen LogP contribution is -2.39. The molecule has 0 amide bonds. The van der Waals surface area contributed by atoms with Crippen LogP contribution < -0.4 is 15.4 Å². The van der Waals surface area contributed by atoms with Crippen LogP contribution in [0.5, 0.6) is 5.75 Å². The van der Waals surface area contributed by atoms with Gasteiger partial charge in [0.25, 0.3) is 0 Å². The molecule has 2 N–H and O–H groups in total. The Morgan fingerprint density at radius 2 is 1.92 bits per heavy atom. The number of methoxy groups -OCH3 is 1. The fourth-order valence-electron chi connectivity index (χ4n) is 1.83. The van der Waals surface area contributed by atoms with Gasteiger partial charge in [0.1, 0.15) is 11.9 Å². The van der Waals surface area contributed by atoms with E-state index in [1.807, 2.05) is 38.1 Å². The zero-order valence-electron chi connectivity index (χ0n) is 14.7. The molecule has 0 spiro atoms. The average Bonchev–Trinajstić information content (AvgIpc) is 2.57. The highest BCUT2D eigenvalue weighted by Gasteiger charge is 2.04. The topological polar surface area (TPSA) is 64.1 Å². The molecule has 6 nitrogen and oxygen atoms in total. The third-order valence-corrected chi connectivity index (χ3v) is 3.22. The molecule has 0 fully saturated rings. The van der Waals surface area contributed by atoms with Crippen LogP contribution in [-0.2, 0) is 9.47 Å². The van der Waals surface area contributed by atoms with Crippen LogP contribution in [0.3, 0.4) is 0 Å². The van der Waals surface area contributed by atoms with Crippen molar-refractivity contribution in [2.75, 3.05) is 46.6 Å². The minimum Gasteiger partial charge on any atom is -0.489 e. The zero-order valence-corrected chi connectivity index (χ0v) is 15.4. The van der Waals surface area contributed by atoms with E-state index < -0.39 is 0 Å². The van der Waals surface area contributed by atoms with E-state index >= 15 is 0 Å². The molecule has 0 aliphatic rings. The Labute approximate surface area is 149 Å². The highest BCUT2D eigenvalue weighted by molar-refractivity contribution is 6.30. The maximum atomic E-state index is 5.86. The lowest BCUT2D eigenvalue weighted by Gasteiger charge is -2.15. The van der Waals surface area contributed by atoms with Gasteiger partial charge in [-0.3, -0.25) is 0 Å². The first-order chi connectivity index (χ1) is 11.7. The van der Waals surface area contributed by atoms with Crippen molar-refractivity contribution in [3.05, 3.63) is 29.3 Å². The van der Waals surface area contributed by atoms with Gasteiger partial charge in [-0.2, -0.15) is 0 Å². The first-order valence-electron chi connectivity index (χ1n) is 8.16. The third kappa shape index (κ3) is 9.60. The summed E-state index contributed by atoms with van der Waals surface area (Å²) in [4.78, 5) is 4.52. The van der Waals surface area contributed by atoms with E-state index in [4.69, 9.17) is 25.8 Å². The van der Waals surface area contributed by atoms with Crippen LogP contribution in [-0.4, -0.2) is 58.6 Å². The summed E-state index contributed by atoms with van der Waals surface area (Å²) in [5.74, 6) is 1.53. The molecule has 1 rings (SSSR count). The van der Waals surface area contributed by atoms with Gasteiger partial charge >= 0.3 is 0 Å². The van der Waals surface area contributed by atoms with Gasteiger partial charge in [0.05, 0.1) is 26.4 Å². The van der Waals surface area contributed by atoms with Crippen molar-refractivity contribution in [2.24, 2.45) is 4.99 Å². The number of hydrogen-bond donors (Lipinski definition) is 2. The Hall–Kier alpha value is -1.50. The van der Waals surface area contributed by atoms with Gasteiger partial charge in [-0.1, -0.05) is 11.6 Å². The second kappa shape index (κ2) is 12.9. The quantitative estimate of drug-likeness (QED) is 0.361. The van der Waals surface area contributed by atoms with Crippen molar-refractivity contribution in [3.63, 3.8) is 0 Å². The summed E-state index contributed by atoms with van der Waals surface area (Å²) in [6.07, 6.45) is -0.0421. The maximum absolute atomic E-state index is 5.86. The summed E-state index contributed by atoms with van der Waals surface area (Å²) in [6, 6.07) is 7.32. The number of nitrogens with zero attached hydrogens (tertiary/aromatic N) is 1. The molecule has 7 heteroatoms. The van der Waals surface area contributed by atoms with E-state index in [1.165, 1.54) is 0 Å². The number of benzene rings is 1. The molecular formula is C17H28ClN3O3. The third-order valence-electron chi connectivity index (χ3n) is 2.97. The standard InChI is InChI=1S/C17H28ClN3O3/c1-4-19-17(20-9-10-23-12-11-22-3)21-13-14(2)24-16-7-5-15(18)6-8-16/h5-8,14H,4,9-13H2,1-3H3,(H2,19,20,21). The summed E-state index contributed by atoms with van der Waals surface area (Å²) in [7, 11) is 1.66. The van der Waals surface area contributed by atoms with E-state index in [1.54, 1.807) is 7.11 Å². The van der Waals surface area contributed by atoms with Crippen molar-refractivity contribution >= 4 is 17.6 Å². The van der Waals surface area contributed by atoms with Crippen LogP contribution in [0.15, 0.2) is 29.3 Å². The number of halogens is 1. The number of nitrogens with one attached hydrogen (secondary N) is 2. The summed E-state index contributed by atoms with van der Waals surface area (Å²) in [5.41, 5.74) is 0. The Bertz CT molecular complexity index is 469. The predicted molar refractivity (Wildman–Crippen MR) is 98.2 cm³/mol. The van der Waals surface area contributed by atoms with E-state index in [9.17, 15) is 0 Å². The van der Waals surface area contributed by atoms with Crippen LogP contribution in [0, 0.1) is 0 Å². The highest BCUT2D eigenvalue weighted by Crippen LogP contribution is 2.16. The van der Waals surface area contributed by atoms with Gasteiger partial charge in [0, 0.05) is 25.2 Å². The lowest BCUT2D eigenvalue weighted by molar-refractivity contribution is 0.0733. The molecule has 0 aromatic heterocycles. The fourth-order valence-corrected chi connectivity index (χ4v) is 1.96. The largest absolute Gasteiger partial charge is 0.489 e. The molecule has 1 atom stereocenters. The molecule has 136 valence electrons. The molecule has 1 aromatic carbocycles. The highest BCUT2D eigenvalue weighted by atomic mass is 35.5. The molecule has 24 heavy (non-hydrogen) atoms. The number of aliphatic imine (C=N–C) groups is 1. The van der Waals surface area contributed by atoms with Crippen molar-refractivity contribution in [2.45, 2.75) is 20.0 Å². The average molecular weight is 358 g/mol. The molecule has 0 bridgehead atoms. The Balaban J connectivity index is 2.33. The number of guanidine groups is 1. The van der Waals surface area contributed by atoms with Crippen LogP contribution >= 0.6 is 11.6 Å². The first-order valence-corrected chi connectivity index (χ1v) is 8.54. The normalized spacial score (nSPS) is 12.8. The fraction of sp³-hybridized carbons (Fsp3) is 0.588. The van der Waals surface area contributed by atoms with Crippen LogP contribution in [0.25, 0.3) is 0 Å². The van der Waals surface area contributed by atoms with Gasteiger partial charge in [-0.05, 0) is 38.1 Å². The zero-order chi connectivity index (χ0) is 17.6. The SMILES string of the molecule is CCNC(=NCC(C)Oc1ccc(Cl)cc1)NCCOCCOC. The Morgan fingerprint density at radius 1 is 1.17 bits per heavy atom. The maximum Gasteiger partial charge on any atom is 0.191 e. The summed E-state index contributed by atoms with van der Waals surface area (Å²) >= 11 is 5.86. The smallest absolute Gasteiger partial charge is 0.191 e. The van der Waals surface area contributed by atoms with E-state index in [-0.39, 0.29) is 6.10 Å². The lowest BCUT2D eigenvalue weighted by atomic mass is 10.3. The number of ether oxygens (including phenoxy) is 3. The molecule has 0 saturated carbocycles. The van der Waals surface area contributed by atoms with Crippen LogP contribution in [0.1, 0.15) is 13.8 Å². The molecular weight excluding hydrogens is 330 g/mol. The first kappa shape index (κ1) is 20.5. The van der Waals surface area contributed by atoms with Crippen molar-refractivity contribution in [1.82, 2.24) is 10.6 Å². The van der Waals surface area contributed by atoms with Gasteiger partial charge in [0.15, 0.2) is 5.96 Å². The van der Waals surface area contributed by atoms with Gasteiger partial charge in [-0.25, -0.2) is 4.99 Å². The van der Waals surface area contributed by atoms with E-state index in [0.29, 0.717) is 37.9 Å². The van der Waals surface area contributed by atoms with Gasteiger partial charge in [0.2, 0.25) is 0 Å². The molecule has 0 saturated heterocycles. The van der Waals surface area contributed by atoms with Crippen LogP contribution in [0.2, 0.25) is 5.02 Å². The van der Waals surface area contributed by atoms with Crippen LogP contribution in [0.4, 0.5) is 0 Å². The molecule has 0 aliphatic carbocycles. The second-order valence-corrected chi connectivity index (χ2v) is 5.57. The summed E-state index contributed by atoms with van der Waals surface area (Å²) in [5, 5.41) is 7.12. The van der Waals surface area contributed by atoms with E-state index in [0.717, 1.165) is 18.3 Å². The Kier molecular flexibility index (Phi) is 11.0. The molecule has 1 unspecified atom stereocenters. The molecule has 1 aromatic rings. The van der Waals surface area contributed by atoms with Crippen molar-refractivity contribution in [3.8, 4) is 5.75 Å². The van der Waals surface area contributed by atoms with E-state index in [2.05, 4.69) is 15.6 Å². The minimum atomic E-state index is -0.0421. The predicted octanol–water partition coefficient (Wildman–Crippen LogP) is 2.33. The van der Waals surface area contributed by atoms with Crippen molar-refractivity contribution < 1.29 is 14.2 Å². The molecule has 0 radical (unpaired) electrons. The Morgan fingerprint density at radius 3 is 2.58 bits per heavy atom. The minimum absolute atomic E-state index is 0.0421. The van der Waals surface area contributed by atoms with Crippen molar-refractivity contribution in [1.29, 1.82) is 0 Å². The van der Waals surface area contributed by atoms with Gasteiger partial charge in [-0.15, -0.1) is 0 Å².